The van der Waals surface area contributed by atoms with Crippen molar-refractivity contribution in [2.45, 2.75) is 5.92 Å². The van der Waals surface area contributed by atoms with Gasteiger partial charge in [0.1, 0.15) is 0 Å². The zero-order chi connectivity index (χ0) is 13.9. The second-order valence-corrected chi connectivity index (χ2v) is 4.75. The summed E-state index contributed by atoms with van der Waals surface area (Å²) in [6, 6.07) is 19.3. The molecule has 0 spiro atoms. The molecule has 0 fully saturated rings. The van der Waals surface area contributed by atoms with Gasteiger partial charge in [0.05, 0.1) is 5.92 Å². The molecular weight excluding hydrogens is 248 g/mol. The predicted molar refractivity (Wildman–Crippen MR) is 79.3 cm³/mol. The van der Waals surface area contributed by atoms with E-state index >= 15 is 0 Å². The third-order valence-corrected chi connectivity index (χ3v) is 3.49. The lowest BCUT2D eigenvalue weighted by Gasteiger charge is -2.22. The van der Waals surface area contributed by atoms with Crippen molar-refractivity contribution in [3.05, 3.63) is 89.7 Å². The van der Waals surface area contributed by atoms with Crippen LogP contribution in [0, 0.1) is 0 Å². The summed E-state index contributed by atoms with van der Waals surface area (Å²) in [5.74, 6) is -0.875. The lowest BCUT2D eigenvalue weighted by atomic mass is 9.80. The van der Waals surface area contributed by atoms with Gasteiger partial charge in [-0.3, -0.25) is 4.79 Å². The van der Waals surface area contributed by atoms with Crippen molar-refractivity contribution >= 4 is 11.4 Å². The number of carbonyl (C=O) groups excluding carboxylic acids is 1. The molecule has 0 saturated carbocycles. The minimum absolute atomic E-state index is 0.182. The van der Waals surface area contributed by atoms with Crippen LogP contribution in [0.3, 0.4) is 0 Å². The molecule has 1 N–H and O–H groups in total. The van der Waals surface area contributed by atoms with Crippen LogP contribution < -0.4 is 0 Å². The van der Waals surface area contributed by atoms with E-state index in [-0.39, 0.29) is 11.5 Å². The van der Waals surface area contributed by atoms with Crippen molar-refractivity contribution in [1.82, 2.24) is 0 Å². The largest absolute Gasteiger partial charge is 0.504 e. The van der Waals surface area contributed by atoms with Gasteiger partial charge in [0.25, 0.3) is 0 Å². The maximum absolute atomic E-state index is 12.4. The summed E-state index contributed by atoms with van der Waals surface area (Å²) in [5, 5.41) is 9.74. The Morgan fingerprint density at radius 1 is 0.800 bits per heavy atom. The molecule has 2 heteroatoms. The Bertz CT molecular complexity index is 682. The number of aliphatic hydroxyl groups is 1. The Balaban J connectivity index is 2.12. The van der Waals surface area contributed by atoms with Crippen LogP contribution in [0.25, 0.3) is 5.57 Å². The number of hydrogen-bond acceptors (Lipinski definition) is 2. The maximum atomic E-state index is 12.4. The molecule has 1 aliphatic carbocycles. The fraction of sp³-hybridized carbons (Fsp3) is 0.0556. The monoisotopic (exact) mass is 262 g/mol. The first kappa shape index (κ1) is 12.4. The average Bonchev–Trinajstić information content (AvgIpc) is 2.51. The SMILES string of the molecule is O=C1C(O)=CC=C(c2ccccc2)C1c1ccccc1. The summed E-state index contributed by atoms with van der Waals surface area (Å²) in [4.78, 5) is 12.4. The van der Waals surface area contributed by atoms with E-state index in [1.165, 1.54) is 6.08 Å². The van der Waals surface area contributed by atoms with Gasteiger partial charge < -0.3 is 5.11 Å². The number of aliphatic hydroxyl groups excluding tert-OH is 1. The maximum Gasteiger partial charge on any atom is 0.208 e. The van der Waals surface area contributed by atoms with Crippen LogP contribution in [-0.2, 0) is 4.79 Å². The molecule has 1 unspecified atom stereocenters. The number of hydrogen-bond donors (Lipinski definition) is 1. The predicted octanol–water partition coefficient (Wildman–Crippen LogP) is 3.88. The Hall–Kier alpha value is -2.61. The molecule has 0 amide bonds. The van der Waals surface area contributed by atoms with Crippen LogP contribution in [0.5, 0.6) is 0 Å². The van der Waals surface area contributed by atoms with Crippen LogP contribution in [0.4, 0.5) is 0 Å². The zero-order valence-corrected chi connectivity index (χ0v) is 10.9. The highest BCUT2D eigenvalue weighted by Gasteiger charge is 2.30. The Morgan fingerprint density at radius 3 is 2.05 bits per heavy atom. The molecule has 98 valence electrons. The molecule has 0 aliphatic heterocycles. The van der Waals surface area contributed by atoms with Gasteiger partial charge in [-0.2, -0.15) is 0 Å². The van der Waals surface area contributed by atoms with Crippen molar-refractivity contribution in [1.29, 1.82) is 0 Å². The second kappa shape index (κ2) is 5.17. The number of rotatable bonds is 2. The first-order chi connectivity index (χ1) is 9.77. The third-order valence-electron chi connectivity index (χ3n) is 3.49. The number of ketones is 1. The smallest absolute Gasteiger partial charge is 0.208 e. The van der Waals surface area contributed by atoms with Gasteiger partial charge in [-0.1, -0.05) is 66.7 Å². The second-order valence-electron chi connectivity index (χ2n) is 4.75. The summed E-state index contributed by atoms with van der Waals surface area (Å²) in [6.07, 6.45) is 3.30. The van der Waals surface area contributed by atoms with Crippen LogP contribution in [-0.4, -0.2) is 10.9 Å². The Morgan fingerprint density at radius 2 is 1.40 bits per heavy atom. The molecule has 1 atom stereocenters. The van der Waals surface area contributed by atoms with Gasteiger partial charge in [-0.05, 0) is 22.8 Å². The van der Waals surface area contributed by atoms with E-state index in [9.17, 15) is 9.90 Å². The zero-order valence-electron chi connectivity index (χ0n) is 10.9. The van der Waals surface area contributed by atoms with E-state index in [2.05, 4.69) is 0 Å². The van der Waals surface area contributed by atoms with Gasteiger partial charge in [-0.25, -0.2) is 0 Å². The molecule has 2 aromatic rings. The van der Waals surface area contributed by atoms with Gasteiger partial charge >= 0.3 is 0 Å². The minimum atomic E-state index is -0.441. The molecule has 0 bridgehead atoms. The van der Waals surface area contributed by atoms with Crippen molar-refractivity contribution in [2.24, 2.45) is 0 Å². The highest BCUT2D eigenvalue weighted by atomic mass is 16.3. The lowest BCUT2D eigenvalue weighted by Crippen LogP contribution is -2.19. The standard InChI is InChI=1S/C18H14O2/c19-16-12-11-15(13-7-3-1-4-8-13)17(18(16)20)14-9-5-2-6-10-14/h1-12,17,19H. The fourth-order valence-corrected chi connectivity index (χ4v) is 2.51. The number of Topliss-reactive ketones (excluding diaryl/α,β-unsaturated/α-hetero) is 1. The van der Waals surface area contributed by atoms with E-state index in [0.29, 0.717) is 0 Å². The van der Waals surface area contributed by atoms with Gasteiger partial charge in [-0.15, -0.1) is 0 Å². The molecule has 0 heterocycles. The molecule has 20 heavy (non-hydrogen) atoms. The molecule has 0 saturated heterocycles. The van der Waals surface area contributed by atoms with Crippen LogP contribution in [0.2, 0.25) is 0 Å². The fourth-order valence-electron chi connectivity index (χ4n) is 2.51. The topological polar surface area (TPSA) is 37.3 Å². The number of carbonyl (C=O) groups is 1. The van der Waals surface area contributed by atoms with Crippen LogP contribution in [0.1, 0.15) is 17.0 Å². The van der Waals surface area contributed by atoms with E-state index in [1.54, 1.807) is 0 Å². The molecule has 3 rings (SSSR count). The van der Waals surface area contributed by atoms with Crippen molar-refractivity contribution in [3.8, 4) is 0 Å². The van der Waals surface area contributed by atoms with Crippen molar-refractivity contribution in [2.75, 3.05) is 0 Å². The third kappa shape index (κ3) is 2.16. The van der Waals surface area contributed by atoms with Crippen LogP contribution >= 0.6 is 0 Å². The molecule has 1 aliphatic rings. The van der Waals surface area contributed by atoms with Crippen molar-refractivity contribution in [3.63, 3.8) is 0 Å². The minimum Gasteiger partial charge on any atom is -0.504 e. The quantitative estimate of drug-likeness (QED) is 0.891. The summed E-state index contributed by atoms with van der Waals surface area (Å²) in [7, 11) is 0. The van der Waals surface area contributed by atoms with Gasteiger partial charge in [0.15, 0.2) is 5.76 Å². The first-order valence-corrected chi connectivity index (χ1v) is 6.53. The van der Waals surface area contributed by atoms with E-state index in [1.807, 2.05) is 66.7 Å². The normalized spacial score (nSPS) is 18.4. The van der Waals surface area contributed by atoms with E-state index in [4.69, 9.17) is 0 Å². The number of benzene rings is 2. The van der Waals surface area contributed by atoms with Crippen LogP contribution in [0.15, 0.2) is 78.6 Å². The summed E-state index contributed by atoms with van der Waals surface area (Å²) < 4.78 is 0. The lowest BCUT2D eigenvalue weighted by molar-refractivity contribution is -0.118. The number of allylic oxidation sites excluding steroid dienone is 4. The van der Waals surface area contributed by atoms with Gasteiger partial charge in [0, 0.05) is 0 Å². The van der Waals surface area contributed by atoms with E-state index in [0.717, 1.165) is 16.7 Å². The van der Waals surface area contributed by atoms with E-state index < -0.39 is 5.92 Å². The summed E-state index contributed by atoms with van der Waals surface area (Å²) in [6.45, 7) is 0. The summed E-state index contributed by atoms with van der Waals surface area (Å²) >= 11 is 0. The average molecular weight is 262 g/mol. The highest BCUT2D eigenvalue weighted by Crippen LogP contribution is 2.36. The first-order valence-electron chi connectivity index (χ1n) is 6.53. The molecule has 0 radical (unpaired) electrons. The van der Waals surface area contributed by atoms with Gasteiger partial charge in [0.2, 0.25) is 5.78 Å². The summed E-state index contributed by atoms with van der Waals surface area (Å²) in [5.41, 5.74) is 2.81. The van der Waals surface area contributed by atoms with Crippen molar-refractivity contribution < 1.29 is 9.90 Å². The Kier molecular flexibility index (Phi) is 3.21. The molecule has 2 aromatic carbocycles. The molecular formula is C18H14O2. The highest BCUT2D eigenvalue weighted by molar-refractivity contribution is 6.09. The molecule has 0 aromatic heterocycles. The molecule has 2 nitrogen and oxygen atoms in total. The Labute approximate surface area is 117 Å².